The van der Waals surface area contributed by atoms with Gasteiger partial charge in [-0.05, 0) is 50.9 Å². The molecule has 1 amide bonds. The Morgan fingerprint density at radius 3 is 2.61 bits per heavy atom. The van der Waals surface area contributed by atoms with E-state index in [0.717, 1.165) is 17.5 Å². The van der Waals surface area contributed by atoms with E-state index in [1.54, 1.807) is 0 Å². The monoisotopic (exact) mass is 318 g/mol. The van der Waals surface area contributed by atoms with Crippen molar-refractivity contribution in [3.63, 3.8) is 0 Å². The first-order chi connectivity index (χ1) is 10.7. The molecule has 4 nitrogen and oxygen atoms in total. The Kier molecular flexibility index (Phi) is 4.28. The summed E-state index contributed by atoms with van der Waals surface area (Å²) in [6.45, 7) is 10.3. The van der Waals surface area contributed by atoms with E-state index in [9.17, 15) is 4.79 Å². The lowest BCUT2D eigenvalue weighted by atomic mass is 9.84. The molecule has 1 heterocycles. The van der Waals surface area contributed by atoms with E-state index >= 15 is 0 Å². The van der Waals surface area contributed by atoms with Crippen molar-refractivity contribution in [3.8, 4) is 0 Å². The molecule has 2 bridgehead atoms. The molecule has 0 spiro atoms. The van der Waals surface area contributed by atoms with E-state index in [1.165, 1.54) is 25.7 Å². The molecule has 1 N–H and O–H groups in total. The number of aromatic nitrogens is 1. The second-order valence-electron chi connectivity index (χ2n) is 8.65. The highest BCUT2D eigenvalue weighted by molar-refractivity contribution is 5.78. The Hall–Kier alpha value is -1.32. The second-order valence-corrected chi connectivity index (χ2v) is 8.65. The average molecular weight is 318 g/mol. The third kappa shape index (κ3) is 3.46. The van der Waals surface area contributed by atoms with E-state index in [1.807, 2.05) is 6.92 Å². The lowest BCUT2D eigenvalue weighted by Gasteiger charge is -2.28. The zero-order valence-electron chi connectivity index (χ0n) is 15.1. The molecule has 128 valence electrons. The molecule has 23 heavy (non-hydrogen) atoms. The summed E-state index contributed by atoms with van der Waals surface area (Å²) in [5.74, 6) is 3.87. The molecule has 0 aromatic carbocycles. The van der Waals surface area contributed by atoms with Crippen LogP contribution >= 0.6 is 0 Å². The fraction of sp³-hybridized carbons (Fsp3) is 0.789. The van der Waals surface area contributed by atoms with E-state index in [0.29, 0.717) is 24.0 Å². The molecular formula is C19H30N2O2. The van der Waals surface area contributed by atoms with Crippen LogP contribution in [0, 0.1) is 24.7 Å². The van der Waals surface area contributed by atoms with Crippen LogP contribution in [0.5, 0.6) is 0 Å². The highest BCUT2D eigenvalue weighted by atomic mass is 16.4. The third-order valence-electron chi connectivity index (χ3n) is 5.68. The predicted molar refractivity (Wildman–Crippen MR) is 90.2 cm³/mol. The van der Waals surface area contributed by atoms with Crippen LogP contribution in [0.1, 0.15) is 70.7 Å². The van der Waals surface area contributed by atoms with Crippen molar-refractivity contribution in [2.75, 3.05) is 0 Å². The van der Waals surface area contributed by atoms with Crippen LogP contribution in [0.15, 0.2) is 4.42 Å². The van der Waals surface area contributed by atoms with Crippen molar-refractivity contribution >= 4 is 5.91 Å². The molecule has 2 saturated carbocycles. The summed E-state index contributed by atoms with van der Waals surface area (Å²) in [6, 6.07) is 0.267. The maximum absolute atomic E-state index is 12.4. The van der Waals surface area contributed by atoms with Crippen molar-refractivity contribution in [1.29, 1.82) is 0 Å². The summed E-state index contributed by atoms with van der Waals surface area (Å²) in [4.78, 5) is 16.9. The fourth-order valence-corrected chi connectivity index (χ4v) is 4.38. The van der Waals surface area contributed by atoms with Gasteiger partial charge < -0.3 is 9.73 Å². The third-order valence-corrected chi connectivity index (χ3v) is 5.68. The number of fused-ring (bicyclic) bond motifs is 2. The van der Waals surface area contributed by atoms with Crippen LogP contribution in [-0.2, 0) is 16.6 Å². The van der Waals surface area contributed by atoms with Crippen LogP contribution in [0.2, 0.25) is 0 Å². The van der Waals surface area contributed by atoms with E-state index in [-0.39, 0.29) is 17.4 Å². The number of carbonyl (C=O) groups is 1. The predicted octanol–water partition coefficient (Wildman–Crippen LogP) is 3.76. The molecule has 2 aliphatic rings. The Balaban J connectivity index is 1.58. The van der Waals surface area contributed by atoms with Gasteiger partial charge in [0.05, 0.1) is 12.1 Å². The van der Waals surface area contributed by atoms with Gasteiger partial charge in [0.15, 0.2) is 5.89 Å². The zero-order chi connectivity index (χ0) is 16.8. The molecular weight excluding hydrogens is 288 g/mol. The number of carbonyl (C=O) groups excluding carboxylic acids is 1. The minimum absolute atomic E-state index is 0.0555. The van der Waals surface area contributed by atoms with Crippen LogP contribution in [-0.4, -0.2) is 16.9 Å². The molecule has 1 aromatic rings. The number of hydrogen-bond donors (Lipinski definition) is 1. The van der Waals surface area contributed by atoms with E-state index in [4.69, 9.17) is 4.42 Å². The van der Waals surface area contributed by atoms with Crippen molar-refractivity contribution in [1.82, 2.24) is 10.3 Å². The quantitative estimate of drug-likeness (QED) is 0.919. The highest BCUT2D eigenvalue weighted by Crippen LogP contribution is 2.49. The van der Waals surface area contributed by atoms with Gasteiger partial charge in [0.1, 0.15) is 5.76 Å². The molecule has 4 unspecified atom stereocenters. The van der Waals surface area contributed by atoms with Crippen molar-refractivity contribution in [2.24, 2.45) is 17.8 Å². The van der Waals surface area contributed by atoms with Crippen LogP contribution < -0.4 is 5.32 Å². The minimum atomic E-state index is -0.129. The minimum Gasteiger partial charge on any atom is -0.444 e. The van der Waals surface area contributed by atoms with Gasteiger partial charge in [-0.15, -0.1) is 0 Å². The Morgan fingerprint density at radius 1 is 1.35 bits per heavy atom. The van der Waals surface area contributed by atoms with Gasteiger partial charge in [0.2, 0.25) is 5.91 Å². The van der Waals surface area contributed by atoms with Crippen LogP contribution in [0.4, 0.5) is 0 Å². The first-order valence-electron chi connectivity index (χ1n) is 9.00. The Bertz CT molecular complexity index is 585. The molecule has 2 fully saturated rings. The van der Waals surface area contributed by atoms with Gasteiger partial charge in [-0.3, -0.25) is 4.79 Å². The molecule has 4 heteroatoms. The molecule has 2 aliphatic carbocycles. The first-order valence-corrected chi connectivity index (χ1v) is 9.00. The summed E-state index contributed by atoms with van der Waals surface area (Å²) in [5, 5.41) is 3.20. The summed E-state index contributed by atoms with van der Waals surface area (Å²) in [6.07, 6.45) is 5.71. The smallest absolute Gasteiger partial charge is 0.227 e. The van der Waals surface area contributed by atoms with Gasteiger partial charge in [0, 0.05) is 11.5 Å². The summed E-state index contributed by atoms with van der Waals surface area (Å²) >= 11 is 0. The van der Waals surface area contributed by atoms with Crippen LogP contribution in [0.25, 0.3) is 0 Å². The Morgan fingerprint density at radius 2 is 2.09 bits per heavy atom. The standard InChI is InChI=1S/C19H30N2O2/c1-11(15-9-13-6-7-14(15)8-13)20-17(22)10-16-12(2)21-18(23-16)19(3,4)5/h11,13-15H,6-10H2,1-5H3,(H,20,22). The fourth-order valence-electron chi connectivity index (χ4n) is 4.38. The van der Waals surface area contributed by atoms with Gasteiger partial charge in [-0.2, -0.15) is 0 Å². The number of oxazole rings is 1. The topological polar surface area (TPSA) is 55.1 Å². The van der Waals surface area contributed by atoms with Crippen molar-refractivity contribution in [3.05, 3.63) is 17.3 Å². The molecule has 4 atom stereocenters. The molecule has 0 saturated heterocycles. The Labute approximate surface area is 139 Å². The van der Waals surface area contributed by atoms with Gasteiger partial charge in [-0.1, -0.05) is 27.2 Å². The van der Waals surface area contributed by atoms with Crippen molar-refractivity contribution < 1.29 is 9.21 Å². The van der Waals surface area contributed by atoms with Crippen molar-refractivity contribution in [2.45, 2.75) is 78.2 Å². The molecule has 0 radical (unpaired) electrons. The molecule has 0 aliphatic heterocycles. The normalized spacial score (nSPS) is 28.1. The van der Waals surface area contributed by atoms with Gasteiger partial charge in [-0.25, -0.2) is 4.98 Å². The number of amides is 1. The van der Waals surface area contributed by atoms with Gasteiger partial charge in [0.25, 0.3) is 0 Å². The molecule has 3 rings (SSSR count). The number of aryl methyl sites for hydroxylation is 1. The zero-order valence-corrected chi connectivity index (χ0v) is 15.1. The highest BCUT2D eigenvalue weighted by Gasteiger charge is 2.42. The average Bonchev–Trinajstić information content (AvgIpc) is 3.14. The van der Waals surface area contributed by atoms with Gasteiger partial charge >= 0.3 is 0 Å². The largest absolute Gasteiger partial charge is 0.444 e. The molecule has 1 aromatic heterocycles. The number of nitrogens with one attached hydrogen (secondary N) is 1. The lowest BCUT2D eigenvalue weighted by molar-refractivity contribution is -0.121. The van der Waals surface area contributed by atoms with E-state index < -0.39 is 0 Å². The number of rotatable bonds is 4. The second kappa shape index (κ2) is 5.95. The summed E-state index contributed by atoms with van der Waals surface area (Å²) in [5.41, 5.74) is 0.702. The van der Waals surface area contributed by atoms with Crippen LogP contribution in [0.3, 0.4) is 0 Å². The van der Waals surface area contributed by atoms with E-state index in [2.05, 4.69) is 38.0 Å². The number of hydrogen-bond acceptors (Lipinski definition) is 3. The summed E-state index contributed by atoms with van der Waals surface area (Å²) < 4.78 is 5.83. The lowest BCUT2D eigenvalue weighted by Crippen LogP contribution is -2.40. The number of nitrogens with zero attached hydrogens (tertiary/aromatic N) is 1. The first kappa shape index (κ1) is 16.5. The summed E-state index contributed by atoms with van der Waals surface area (Å²) in [7, 11) is 0. The maximum atomic E-state index is 12.4. The maximum Gasteiger partial charge on any atom is 0.227 e. The SMILES string of the molecule is Cc1nc(C(C)(C)C)oc1CC(=O)NC(C)C1CC2CCC1C2.